The highest BCUT2D eigenvalue weighted by Crippen LogP contribution is 2.27. The van der Waals surface area contributed by atoms with E-state index >= 15 is 0 Å². The molecule has 0 fully saturated rings. The van der Waals surface area contributed by atoms with Crippen molar-refractivity contribution < 1.29 is 22.7 Å². The number of hydrogen-bond donors (Lipinski definition) is 1. The first-order valence-corrected chi connectivity index (χ1v) is 15.3. The first kappa shape index (κ1) is 31.3. The maximum Gasteiger partial charge on any atom is 0.244 e. The maximum absolute atomic E-state index is 13.7. The molecule has 0 aliphatic heterocycles. The topological polar surface area (TPSA) is 96.0 Å². The summed E-state index contributed by atoms with van der Waals surface area (Å²) in [5.41, 5.74) is 0.841. The van der Waals surface area contributed by atoms with E-state index in [1.54, 1.807) is 61.5 Å². The van der Waals surface area contributed by atoms with Crippen molar-refractivity contribution >= 4 is 50.7 Å². The highest BCUT2D eigenvalue weighted by Gasteiger charge is 2.31. The Labute approximate surface area is 245 Å². The van der Waals surface area contributed by atoms with Crippen LogP contribution in [0.5, 0.6) is 11.5 Å². The second kappa shape index (κ2) is 13.9. The monoisotopic (exact) mass is 605 g/mol. The van der Waals surface area contributed by atoms with E-state index in [2.05, 4.69) is 5.32 Å². The molecule has 0 aromatic heterocycles. The molecule has 3 aromatic carbocycles. The number of ether oxygens (including phenoxy) is 1. The number of carbonyl (C=O) groups excluding carboxylic acids is 2. The summed E-state index contributed by atoms with van der Waals surface area (Å²) in [5.74, 6) is 0.199. The van der Waals surface area contributed by atoms with E-state index in [-0.39, 0.29) is 24.2 Å². The predicted octanol–water partition coefficient (Wildman–Crippen LogP) is 5.88. The Balaban J connectivity index is 1.88. The molecule has 2 atom stereocenters. The molecular formula is C29H33Cl2N3O5S. The zero-order chi connectivity index (χ0) is 29.4. The fraction of sp³-hybridized carbons (Fsp3) is 0.310. The van der Waals surface area contributed by atoms with Gasteiger partial charge in [0.2, 0.25) is 21.8 Å². The van der Waals surface area contributed by atoms with Crippen LogP contribution in [-0.4, -0.2) is 50.0 Å². The molecule has 0 saturated carbocycles. The van der Waals surface area contributed by atoms with Crippen molar-refractivity contribution in [3.8, 4) is 11.5 Å². The van der Waals surface area contributed by atoms with Crippen LogP contribution in [0.3, 0.4) is 0 Å². The number of nitrogens with one attached hydrogen (secondary N) is 1. The Morgan fingerprint density at radius 1 is 0.950 bits per heavy atom. The standard InChI is InChI=1S/C29H33Cl2N3O5S/c1-5-20(2)32-29(36)21(3)33(18-22-11-12-23(30)17-27(22)31)28(35)19-34(40(4,37)38)24-13-15-26(16-14-24)39-25-9-7-6-8-10-25/h6-17,20-21H,5,18-19H2,1-4H3,(H,32,36)/t20-,21+/m1/s1. The zero-order valence-electron chi connectivity index (χ0n) is 22.8. The van der Waals surface area contributed by atoms with E-state index in [1.165, 1.54) is 4.90 Å². The number of rotatable bonds is 12. The van der Waals surface area contributed by atoms with Crippen molar-refractivity contribution in [2.75, 3.05) is 17.1 Å². The number of benzene rings is 3. The van der Waals surface area contributed by atoms with Gasteiger partial charge in [-0.15, -0.1) is 0 Å². The smallest absolute Gasteiger partial charge is 0.244 e. The molecule has 8 nitrogen and oxygen atoms in total. The van der Waals surface area contributed by atoms with Gasteiger partial charge in [0.15, 0.2) is 0 Å². The van der Waals surface area contributed by atoms with Gasteiger partial charge in [0.25, 0.3) is 0 Å². The van der Waals surface area contributed by atoms with E-state index < -0.39 is 28.5 Å². The molecule has 40 heavy (non-hydrogen) atoms. The molecule has 1 N–H and O–H groups in total. The number of nitrogens with zero attached hydrogens (tertiary/aromatic N) is 2. The lowest BCUT2D eigenvalue weighted by Crippen LogP contribution is -2.52. The zero-order valence-corrected chi connectivity index (χ0v) is 25.1. The van der Waals surface area contributed by atoms with Gasteiger partial charge in [-0.1, -0.05) is 54.4 Å². The largest absolute Gasteiger partial charge is 0.457 e. The average molecular weight is 607 g/mol. The van der Waals surface area contributed by atoms with Gasteiger partial charge in [0, 0.05) is 22.6 Å². The minimum absolute atomic E-state index is 0.0224. The Morgan fingerprint density at radius 2 is 1.57 bits per heavy atom. The molecule has 0 unspecified atom stereocenters. The molecule has 0 aliphatic carbocycles. The molecule has 11 heteroatoms. The van der Waals surface area contributed by atoms with E-state index in [0.29, 0.717) is 33.5 Å². The molecule has 0 aliphatic rings. The van der Waals surface area contributed by atoms with Crippen LogP contribution >= 0.6 is 23.2 Å². The van der Waals surface area contributed by atoms with Crippen molar-refractivity contribution in [3.05, 3.63) is 88.4 Å². The number of amides is 2. The fourth-order valence-corrected chi connectivity index (χ4v) is 5.12. The van der Waals surface area contributed by atoms with Gasteiger partial charge in [0.05, 0.1) is 11.9 Å². The lowest BCUT2D eigenvalue weighted by Gasteiger charge is -2.32. The third-order valence-electron chi connectivity index (χ3n) is 6.31. The van der Waals surface area contributed by atoms with Crippen molar-refractivity contribution in [1.29, 1.82) is 0 Å². The van der Waals surface area contributed by atoms with Gasteiger partial charge in [-0.2, -0.15) is 0 Å². The molecule has 3 aromatic rings. The first-order valence-electron chi connectivity index (χ1n) is 12.7. The van der Waals surface area contributed by atoms with Crippen LogP contribution in [0, 0.1) is 0 Å². The molecule has 214 valence electrons. The second-order valence-electron chi connectivity index (χ2n) is 9.43. The van der Waals surface area contributed by atoms with E-state index in [9.17, 15) is 18.0 Å². The van der Waals surface area contributed by atoms with Crippen molar-refractivity contribution in [2.24, 2.45) is 0 Å². The van der Waals surface area contributed by atoms with Crippen LogP contribution in [0.25, 0.3) is 0 Å². The van der Waals surface area contributed by atoms with Crippen molar-refractivity contribution in [3.63, 3.8) is 0 Å². The molecular weight excluding hydrogens is 573 g/mol. The van der Waals surface area contributed by atoms with E-state index in [1.807, 2.05) is 32.0 Å². The fourth-order valence-electron chi connectivity index (χ4n) is 3.80. The summed E-state index contributed by atoms with van der Waals surface area (Å²) in [6.45, 7) is 4.85. The normalized spacial score (nSPS) is 12.8. The lowest BCUT2D eigenvalue weighted by molar-refractivity contribution is -0.139. The van der Waals surface area contributed by atoms with Crippen LogP contribution < -0.4 is 14.4 Å². The number of para-hydroxylation sites is 1. The molecule has 2 amide bonds. The Kier molecular flexibility index (Phi) is 10.8. The summed E-state index contributed by atoms with van der Waals surface area (Å²) < 4.78 is 32.4. The summed E-state index contributed by atoms with van der Waals surface area (Å²) in [6, 6.07) is 19.4. The van der Waals surface area contributed by atoms with Gasteiger partial charge in [-0.25, -0.2) is 8.42 Å². The van der Waals surface area contributed by atoms with Gasteiger partial charge < -0.3 is 15.0 Å². The number of carbonyl (C=O) groups is 2. The highest BCUT2D eigenvalue weighted by atomic mass is 35.5. The summed E-state index contributed by atoms with van der Waals surface area (Å²) in [5, 5.41) is 3.64. The Hall–Kier alpha value is -3.27. The second-order valence-corrected chi connectivity index (χ2v) is 12.2. The van der Waals surface area contributed by atoms with Crippen LogP contribution in [0.1, 0.15) is 32.8 Å². The first-order chi connectivity index (χ1) is 18.9. The van der Waals surface area contributed by atoms with E-state index in [4.69, 9.17) is 27.9 Å². The molecule has 0 heterocycles. The lowest BCUT2D eigenvalue weighted by atomic mass is 10.1. The van der Waals surface area contributed by atoms with Crippen LogP contribution in [0.15, 0.2) is 72.8 Å². The van der Waals surface area contributed by atoms with Gasteiger partial charge >= 0.3 is 0 Å². The summed E-state index contributed by atoms with van der Waals surface area (Å²) in [4.78, 5) is 28.1. The maximum atomic E-state index is 13.7. The number of hydrogen-bond acceptors (Lipinski definition) is 5. The van der Waals surface area contributed by atoms with Crippen molar-refractivity contribution in [2.45, 2.75) is 45.8 Å². The van der Waals surface area contributed by atoms with Crippen LogP contribution in [0.2, 0.25) is 10.0 Å². The molecule has 0 saturated heterocycles. The van der Waals surface area contributed by atoms with Gasteiger partial charge in [-0.05, 0) is 74.4 Å². The van der Waals surface area contributed by atoms with Gasteiger partial charge in [0.1, 0.15) is 24.1 Å². The minimum Gasteiger partial charge on any atom is -0.457 e. The van der Waals surface area contributed by atoms with E-state index in [0.717, 1.165) is 10.6 Å². The molecule has 0 spiro atoms. The van der Waals surface area contributed by atoms with Crippen LogP contribution in [-0.2, 0) is 26.2 Å². The minimum atomic E-state index is -3.87. The number of anilines is 1. The third kappa shape index (κ3) is 8.61. The number of sulfonamides is 1. The molecule has 0 bridgehead atoms. The predicted molar refractivity (Wildman–Crippen MR) is 160 cm³/mol. The SMILES string of the molecule is CC[C@@H](C)NC(=O)[C@H](C)N(Cc1ccc(Cl)cc1Cl)C(=O)CN(c1ccc(Oc2ccccc2)cc1)S(C)(=O)=O. The summed E-state index contributed by atoms with van der Waals surface area (Å²) >= 11 is 12.4. The summed E-state index contributed by atoms with van der Waals surface area (Å²) in [7, 11) is -3.87. The quantitative estimate of drug-likeness (QED) is 0.278. The van der Waals surface area contributed by atoms with Crippen LogP contribution in [0.4, 0.5) is 5.69 Å². The molecule has 3 rings (SSSR count). The number of halogens is 2. The summed E-state index contributed by atoms with van der Waals surface area (Å²) in [6.07, 6.45) is 1.73. The average Bonchev–Trinajstić information content (AvgIpc) is 2.91. The third-order valence-corrected chi connectivity index (χ3v) is 8.03. The highest BCUT2D eigenvalue weighted by molar-refractivity contribution is 7.92. The Bertz CT molecular complexity index is 1420. The van der Waals surface area contributed by atoms with Crippen molar-refractivity contribution in [1.82, 2.24) is 10.2 Å². The molecule has 0 radical (unpaired) electrons. The van der Waals surface area contributed by atoms with Gasteiger partial charge in [-0.3, -0.25) is 13.9 Å². The Morgan fingerprint density at radius 3 is 2.15 bits per heavy atom.